The molecule has 0 fully saturated rings. The van der Waals surface area contributed by atoms with E-state index in [-0.39, 0.29) is 12.5 Å². The number of hydrogen-bond donors (Lipinski definition) is 1. The van der Waals surface area contributed by atoms with Gasteiger partial charge in [0.15, 0.2) is 11.5 Å². The minimum absolute atomic E-state index is 0.171. The van der Waals surface area contributed by atoms with Crippen molar-refractivity contribution in [3.63, 3.8) is 0 Å². The smallest absolute Gasteiger partial charge is 0.253 e. The molecule has 0 unspecified atom stereocenters. The highest BCUT2D eigenvalue weighted by molar-refractivity contribution is 7.17. The van der Waals surface area contributed by atoms with E-state index in [0.29, 0.717) is 11.4 Å². The van der Waals surface area contributed by atoms with Crippen molar-refractivity contribution in [3.05, 3.63) is 59.6 Å². The number of rotatable bonds is 3. The summed E-state index contributed by atoms with van der Waals surface area (Å²) in [6.45, 7) is 0.279. The zero-order valence-electron chi connectivity index (χ0n) is 11.4. The van der Waals surface area contributed by atoms with Gasteiger partial charge in [-0.2, -0.15) is 0 Å². The highest BCUT2D eigenvalue weighted by atomic mass is 32.1. The molecule has 4 rings (SSSR count). The molecule has 22 heavy (non-hydrogen) atoms. The van der Waals surface area contributed by atoms with Crippen molar-refractivity contribution in [2.75, 3.05) is 0 Å². The van der Waals surface area contributed by atoms with E-state index in [1.54, 1.807) is 28.2 Å². The number of amides is 1. The van der Waals surface area contributed by atoms with Crippen LogP contribution in [0.2, 0.25) is 0 Å². The zero-order valence-corrected chi connectivity index (χ0v) is 12.2. The summed E-state index contributed by atoms with van der Waals surface area (Å²) in [5, 5.41) is 10.0. The Bertz CT molecular complexity index is 941. The molecule has 0 spiro atoms. The molecule has 1 amide bonds. The van der Waals surface area contributed by atoms with Crippen LogP contribution in [0.25, 0.3) is 15.7 Å². The van der Waals surface area contributed by atoms with Crippen LogP contribution in [0.5, 0.6) is 0 Å². The minimum atomic E-state index is -0.171. The van der Waals surface area contributed by atoms with Gasteiger partial charge in [0.2, 0.25) is 0 Å². The topological polar surface area (TPSA) is 72.2 Å². The van der Waals surface area contributed by atoms with Gasteiger partial charge in [-0.15, -0.1) is 16.4 Å². The minimum Gasteiger partial charge on any atom is -0.345 e. The molecule has 0 saturated carbocycles. The van der Waals surface area contributed by atoms with E-state index in [1.165, 1.54) is 0 Å². The van der Waals surface area contributed by atoms with Crippen LogP contribution in [0.3, 0.4) is 0 Å². The van der Waals surface area contributed by atoms with E-state index >= 15 is 0 Å². The molecule has 1 N–H and O–H groups in total. The largest absolute Gasteiger partial charge is 0.345 e. The monoisotopic (exact) mass is 309 g/mol. The number of pyridine rings is 2. The first-order valence-corrected chi connectivity index (χ1v) is 7.59. The molecule has 4 aromatic rings. The van der Waals surface area contributed by atoms with E-state index in [1.807, 2.05) is 35.8 Å². The summed E-state index contributed by atoms with van der Waals surface area (Å²) < 4.78 is 2.68. The number of carbonyl (C=O) groups excluding carboxylic acids is 1. The quantitative estimate of drug-likeness (QED) is 0.630. The lowest BCUT2D eigenvalue weighted by molar-refractivity contribution is 0.0951. The number of nitrogens with one attached hydrogen (secondary N) is 1. The highest BCUT2D eigenvalue weighted by Gasteiger charge is 2.12. The Morgan fingerprint density at radius 2 is 2.23 bits per heavy atom. The van der Waals surface area contributed by atoms with Crippen LogP contribution in [-0.2, 0) is 6.54 Å². The molecule has 0 bridgehead atoms. The van der Waals surface area contributed by atoms with E-state index in [2.05, 4.69) is 20.4 Å². The number of nitrogens with zero attached hydrogens (tertiary/aromatic N) is 4. The molecule has 4 heterocycles. The third-order valence-corrected chi connectivity index (χ3v) is 4.17. The van der Waals surface area contributed by atoms with Crippen molar-refractivity contribution in [2.45, 2.75) is 6.54 Å². The fourth-order valence-corrected chi connectivity index (χ4v) is 3.06. The second-order valence-corrected chi connectivity index (χ2v) is 5.68. The first-order valence-electron chi connectivity index (χ1n) is 6.71. The SMILES string of the molecule is O=C(NCc1nc2ccccn2n1)c1cncc2sccc12. The summed E-state index contributed by atoms with van der Waals surface area (Å²) in [5.41, 5.74) is 1.33. The fraction of sp³-hybridized carbons (Fsp3) is 0.0667. The van der Waals surface area contributed by atoms with E-state index in [9.17, 15) is 4.79 Å². The normalized spacial score (nSPS) is 11.1. The summed E-state index contributed by atoms with van der Waals surface area (Å²) >= 11 is 1.57. The number of carbonyl (C=O) groups is 1. The summed E-state index contributed by atoms with van der Waals surface area (Å²) in [6, 6.07) is 7.58. The predicted molar refractivity (Wildman–Crippen MR) is 83.8 cm³/mol. The second kappa shape index (κ2) is 5.19. The van der Waals surface area contributed by atoms with Gasteiger partial charge in [0, 0.05) is 24.0 Å². The number of fused-ring (bicyclic) bond motifs is 2. The fourth-order valence-electron chi connectivity index (χ4n) is 2.28. The van der Waals surface area contributed by atoms with Gasteiger partial charge in [0.05, 0.1) is 16.8 Å². The van der Waals surface area contributed by atoms with Crippen molar-refractivity contribution in [3.8, 4) is 0 Å². The lowest BCUT2D eigenvalue weighted by atomic mass is 10.2. The number of thiophene rings is 1. The van der Waals surface area contributed by atoms with Gasteiger partial charge in [0.1, 0.15) is 0 Å². The molecule has 0 saturated heterocycles. The maximum Gasteiger partial charge on any atom is 0.253 e. The lowest BCUT2D eigenvalue weighted by Gasteiger charge is -2.03. The molecule has 6 nitrogen and oxygen atoms in total. The van der Waals surface area contributed by atoms with Crippen LogP contribution < -0.4 is 5.32 Å². The molecular weight excluding hydrogens is 298 g/mol. The molecule has 4 aromatic heterocycles. The highest BCUT2D eigenvalue weighted by Crippen LogP contribution is 2.22. The average molecular weight is 309 g/mol. The Kier molecular flexibility index (Phi) is 3.05. The van der Waals surface area contributed by atoms with Crippen LogP contribution in [0.1, 0.15) is 16.2 Å². The predicted octanol–water partition coefficient (Wildman–Crippen LogP) is 2.27. The van der Waals surface area contributed by atoms with Crippen molar-refractivity contribution in [1.29, 1.82) is 0 Å². The molecule has 0 atom stereocenters. The Labute approximate surface area is 129 Å². The third kappa shape index (κ3) is 2.21. The van der Waals surface area contributed by atoms with Gasteiger partial charge in [-0.3, -0.25) is 9.78 Å². The molecule has 0 radical (unpaired) electrons. The number of aromatic nitrogens is 4. The van der Waals surface area contributed by atoms with Crippen LogP contribution in [0.4, 0.5) is 0 Å². The average Bonchev–Trinajstić information content (AvgIpc) is 3.18. The Hall–Kier alpha value is -2.80. The van der Waals surface area contributed by atoms with Crippen molar-refractivity contribution >= 4 is 33.0 Å². The van der Waals surface area contributed by atoms with Crippen LogP contribution >= 0.6 is 11.3 Å². The third-order valence-electron chi connectivity index (χ3n) is 3.32. The summed E-state index contributed by atoms with van der Waals surface area (Å²) in [5.74, 6) is 0.403. The van der Waals surface area contributed by atoms with Crippen molar-refractivity contribution in [1.82, 2.24) is 24.9 Å². The second-order valence-electron chi connectivity index (χ2n) is 4.73. The van der Waals surface area contributed by atoms with Gasteiger partial charge < -0.3 is 5.32 Å². The van der Waals surface area contributed by atoms with Gasteiger partial charge in [0.25, 0.3) is 5.91 Å². The lowest BCUT2D eigenvalue weighted by Crippen LogP contribution is -2.23. The van der Waals surface area contributed by atoms with Gasteiger partial charge in [-0.05, 0) is 23.6 Å². The van der Waals surface area contributed by atoms with Crippen molar-refractivity contribution in [2.24, 2.45) is 0 Å². The summed E-state index contributed by atoms with van der Waals surface area (Å²) in [4.78, 5) is 20.8. The first kappa shape index (κ1) is 12.9. The van der Waals surface area contributed by atoms with Gasteiger partial charge in [-0.25, -0.2) is 9.50 Å². The van der Waals surface area contributed by atoms with Gasteiger partial charge >= 0.3 is 0 Å². The Morgan fingerprint density at radius 1 is 1.27 bits per heavy atom. The molecule has 0 aliphatic heterocycles. The maximum absolute atomic E-state index is 12.3. The van der Waals surface area contributed by atoms with E-state index in [4.69, 9.17) is 0 Å². The molecule has 0 aliphatic rings. The molecule has 0 aromatic carbocycles. The Balaban J connectivity index is 1.56. The Morgan fingerprint density at radius 3 is 3.14 bits per heavy atom. The van der Waals surface area contributed by atoms with E-state index in [0.717, 1.165) is 15.7 Å². The van der Waals surface area contributed by atoms with Crippen LogP contribution in [-0.4, -0.2) is 25.5 Å². The van der Waals surface area contributed by atoms with Gasteiger partial charge in [-0.1, -0.05) is 6.07 Å². The van der Waals surface area contributed by atoms with Crippen molar-refractivity contribution < 1.29 is 4.79 Å². The molecular formula is C15H11N5OS. The standard InChI is InChI=1S/C15H11N5OS/c21-15(11-7-16-8-12-10(11)4-6-22-12)17-9-13-18-14-3-1-2-5-20(14)19-13/h1-8H,9H2,(H,17,21). The summed E-state index contributed by atoms with van der Waals surface area (Å²) in [7, 11) is 0. The van der Waals surface area contributed by atoms with E-state index < -0.39 is 0 Å². The molecule has 7 heteroatoms. The summed E-state index contributed by atoms with van der Waals surface area (Å²) in [6.07, 6.45) is 5.17. The van der Waals surface area contributed by atoms with Crippen LogP contribution in [0.15, 0.2) is 48.2 Å². The molecule has 0 aliphatic carbocycles. The maximum atomic E-state index is 12.3. The number of hydrogen-bond acceptors (Lipinski definition) is 5. The van der Waals surface area contributed by atoms with Crippen LogP contribution in [0, 0.1) is 0 Å². The first-order chi connectivity index (χ1) is 10.8. The zero-order chi connectivity index (χ0) is 14.9. The molecule has 108 valence electrons.